The molecule has 0 bridgehead atoms. The molecule has 0 saturated carbocycles. The summed E-state index contributed by atoms with van der Waals surface area (Å²) in [6.45, 7) is 17.5. The molecular formula is C56H56ClN. The molecule has 58 heavy (non-hydrogen) atoms. The number of nitrogens with zero attached hydrogens (tertiary/aromatic N) is 1. The molecule has 0 N–H and O–H groups in total. The summed E-state index contributed by atoms with van der Waals surface area (Å²) in [5.41, 5.74) is 12.3. The number of hydrogen-bond donors (Lipinski definition) is 0. The summed E-state index contributed by atoms with van der Waals surface area (Å²) in [5, 5.41) is 6.04. The highest BCUT2D eigenvalue weighted by atomic mass is 35.5. The third kappa shape index (κ3) is 7.54. The largest absolute Gasteiger partial charge is 0.344 e. The standard InChI is InChI=1S/C56H56ClN/c1-39(2)35-36-58-50-33-31-45-22-14-16-24-49(45)53(50)56(6,38-43-19-11-8-12-20-43)51(58)34-32-47-30-29-46(54(47)57)28-26-41(4)55(5,37-42-17-9-7-10-18-42)52-40(3)25-27-44-21-13-15-23-48(44)52/h7-28,31-34,39H,4,29-30,35-38H2,1-3,5-6H3/b28-26+,47-32+,51-34+. The van der Waals surface area contributed by atoms with E-state index in [2.05, 4.69) is 197 Å². The van der Waals surface area contributed by atoms with Gasteiger partial charge in [0, 0.05) is 33.8 Å². The van der Waals surface area contributed by atoms with E-state index in [-0.39, 0.29) is 10.8 Å². The second-order valence-corrected chi connectivity index (χ2v) is 17.8. The average molecular weight is 779 g/mol. The molecule has 1 aliphatic heterocycles. The lowest BCUT2D eigenvalue weighted by Gasteiger charge is -2.34. The van der Waals surface area contributed by atoms with Gasteiger partial charge in [-0.3, -0.25) is 0 Å². The smallest absolute Gasteiger partial charge is 0.0470 e. The molecule has 0 radical (unpaired) electrons. The van der Waals surface area contributed by atoms with Crippen LogP contribution in [-0.4, -0.2) is 6.54 Å². The van der Waals surface area contributed by atoms with Gasteiger partial charge < -0.3 is 4.90 Å². The maximum absolute atomic E-state index is 7.37. The van der Waals surface area contributed by atoms with Crippen molar-refractivity contribution in [1.29, 1.82) is 0 Å². The minimum atomic E-state index is -0.332. The number of fused-ring (bicyclic) bond motifs is 4. The normalized spacial score (nSPS) is 19.3. The number of anilines is 1. The van der Waals surface area contributed by atoms with Gasteiger partial charge in [-0.25, -0.2) is 0 Å². The molecule has 0 aromatic heterocycles. The molecule has 8 rings (SSSR count). The number of allylic oxidation sites excluding steroid dienone is 9. The first kappa shape index (κ1) is 39.5. The van der Waals surface area contributed by atoms with E-state index in [1.165, 1.54) is 71.9 Å². The van der Waals surface area contributed by atoms with Crippen LogP contribution in [-0.2, 0) is 23.7 Å². The van der Waals surface area contributed by atoms with Gasteiger partial charge in [0.05, 0.1) is 0 Å². The number of hydrogen-bond acceptors (Lipinski definition) is 1. The Labute approximate surface area is 351 Å². The maximum atomic E-state index is 7.37. The van der Waals surface area contributed by atoms with Gasteiger partial charge in [0.15, 0.2) is 0 Å². The van der Waals surface area contributed by atoms with E-state index in [1.807, 2.05) is 0 Å². The molecule has 6 aromatic rings. The van der Waals surface area contributed by atoms with Crippen LogP contribution in [0.3, 0.4) is 0 Å². The molecule has 292 valence electrons. The fraction of sp³-hybridized carbons (Fsp3) is 0.250. The van der Waals surface area contributed by atoms with E-state index in [1.54, 1.807) is 0 Å². The lowest BCUT2D eigenvalue weighted by Crippen LogP contribution is -2.31. The second-order valence-electron chi connectivity index (χ2n) is 17.4. The molecule has 0 saturated heterocycles. The molecule has 2 heteroatoms. The number of benzene rings is 6. The van der Waals surface area contributed by atoms with Crippen LogP contribution in [0, 0.1) is 12.8 Å². The summed E-state index contributed by atoms with van der Waals surface area (Å²) in [6.07, 6.45) is 13.9. The van der Waals surface area contributed by atoms with Gasteiger partial charge in [0.1, 0.15) is 0 Å². The first-order valence-electron chi connectivity index (χ1n) is 21.1. The van der Waals surface area contributed by atoms with Gasteiger partial charge in [0.25, 0.3) is 0 Å². The van der Waals surface area contributed by atoms with Crippen LogP contribution < -0.4 is 4.90 Å². The Balaban J connectivity index is 1.17. The van der Waals surface area contributed by atoms with Crippen molar-refractivity contribution in [3.05, 3.63) is 220 Å². The number of rotatable bonds is 12. The zero-order valence-electron chi connectivity index (χ0n) is 34.9. The first-order valence-corrected chi connectivity index (χ1v) is 21.5. The van der Waals surface area contributed by atoms with E-state index < -0.39 is 0 Å². The number of aryl methyl sites for hydroxylation is 1. The first-order chi connectivity index (χ1) is 28.1. The van der Waals surface area contributed by atoms with Gasteiger partial charge in [-0.05, 0) is 130 Å². The summed E-state index contributed by atoms with van der Waals surface area (Å²) >= 11 is 7.37. The molecule has 0 fully saturated rings. The summed E-state index contributed by atoms with van der Waals surface area (Å²) in [7, 11) is 0. The lowest BCUT2D eigenvalue weighted by molar-refractivity contribution is 0.544. The molecule has 1 heterocycles. The number of halogens is 1. The van der Waals surface area contributed by atoms with Crippen LogP contribution in [0.4, 0.5) is 5.69 Å². The molecule has 0 spiro atoms. The van der Waals surface area contributed by atoms with E-state index in [0.29, 0.717) is 5.92 Å². The van der Waals surface area contributed by atoms with Gasteiger partial charge in [-0.15, -0.1) is 0 Å². The van der Waals surface area contributed by atoms with E-state index in [9.17, 15) is 0 Å². The Morgan fingerprint density at radius 3 is 2.10 bits per heavy atom. The molecule has 2 aliphatic rings. The highest BCUT2D eigenvalue weighted by Crippen LogP contribution is 2.53. The molecule has 2 atom stereocenters. The van der Waals surface area contributed by atoms with Crippen molar-refractivity contribution in [1.82, 2.24) is 0 Å². The fourth-order valence-electron chi connectivity index (χ4n) is 9.76. The Kier molecular flexibility index (Phi) is 11.2. The van der Waals surface area contributed by atoms with Crippen LogP contribution in [0.25, 0.3) is 21.5 Å². The molecule has 6 aromatic carbocycles. The SMILES string of the molecule is C=C(/C=C/C1=C(Cl)C(=C/C=C2/N(CCC(C)C)c3ccc4ccccc4c3C2(C)Cc2ccccc2)/CC1)C(C)(Cc1ccccc1)c1c(C)ccc2ccccc12. The zero-order chi connectivity index (χ0) is 40.4. The van der Waals surface area contributed by atoms with Crippen LogP contribution in [0.15, 0.2) is 192 Å². The lowest BCUT2D eigenvalue weighted by atomic mass is 9.69. The fourth-order valence-corrected chi connectivity index (χ4v) is 10.1. The Bertz CT molecular complexity index is 2600. The second kappa shape index (κ2) is 16.5. The van der Waals surface area contributed by atoms with Crippen molar-refractivity contribution in [2.45, 2.75) is 77.6 Å². The monoisotopic (exact) mass is 777 g/mol. The predicted octanol–water partition coefficient (Wildman–Crippen LogP) is 15.1. The summed E-state index contributed by atoms with van der Waals surface area (Å²) in [5.74, 6) is 0.597. The summed E-state index contributed by atoms with van der Waals surface area (Å²) in [4.78, 5) is 2.61. The quantitative estimate of drug-likeness (QED) is 0.112. The van der Waals surface area contributed by atoms with Gasteiger partial charge in [-0.2, -0.15) is 0 Å². The van der Waals surface area contributed by atoms with Crippen molar-refractivity contribution in [3.63, 3.8) is 0 Å². The average Bonchev–Trinajstić information content (AvgIpc) is 3.70. The van der Waals surface area contributed by atoms with Crippen molar-refractivity contribution < 1.29 is 0 Å². The Morgan fingerprint density at radius 2 is 1.40 bits per heavy atom. The van der Waals surface area contributed by atoms with E-state index in [0.717, 1.165) is 49.3 Å². The van der Waals surface area contributed by atoms with E-state index >= 15 is 0 Å². The van der Waals surface area contributed by atoms with Crippen molar-refractivity contribution in [2.24, 2.45) is 5.92 Å². The van der Waals surface area contributed by atoms with E-state index in [4.69, 9.17) is 18.2 Å². The van der Waals surface area contributed by atoms with Gasteiger partial charge in [-0.1, -0.05) is 185 Å². The van der Waals surface area contributed by atoms with Crippen LogP contribution in [0.1, 0.15) is 74.8 Å². The Morgan fingerprint density at radius 1 is 0.776 bits per heavy atom. The highest BCUT2D eigenvalue weighted by Gasteiger charge is 2.44. The molecular weight excluding hydrogens is 722 g/mol. The van der Waals surface area contributed by atoms with Crippen molar-refractivity contribution in [2.75, 3.05) is 11.4 Å². The third-order valence-electron chi connectivity index (χ3n) is 12.9. The molecule has 0 amide bonds. The Hall–Kier alpha value is -5.37. The minimum Gasteiger partial charge on any atom is -0.344 e. The van der Waals surface area contributed by atoms with Gasteiger partial charge >= 0.3 is 0 Å². The topological polar surface area (TPSA) is 3.24 Å². The summed E-state index contributed by atoms with van der Waals surface area (Å²) in [6, 6.07) is 48.7. The van der Waals surface area contributed by atoms with Crippen LogP contribution >= 0.6 is 11.6 Å². The predicted molar refractivity (Wildman–Crippen MR) is 251 cm³/mol. The zero-order valence-corrected chi connectivity index (χ0v) is 35.6. The van der Waals surface area contributed by atoms with Crippen LogP contribution in [0.2, 0.25) is 0 Å². The third-order valence-corrected chi connectivity index (χ3v) is 13.4. The van der Waals surface area contributed by atoms with Crippen LogP contribution in [0.5, 0.6) is 0 Å². The van der Waals surface area contributed by atoms with Gasteiger partial charge in [0.2, 0.25) is 0 Å². The molecule has 1 aliphatic carbocycles. The molecule has 1 nitrogen and oxygen atoms in total. The maximum Gasteiger partial charge on any atom is 0.0470 e. The summed E-state index contributed by atoms with van der Waals surface area (Å²) < 4.78 is 0. The molecule has 2 unspecified atom stereocenters. The van der Waals surface area contributed by atoms with Crippen molar-refractivity contribution in [3.8, 4) is 0 Å². The minimum absolute atomic E-state index is 0.232. The highest BCUT2D eigenvalue weighted by molar-refractivity contribution is 6.33. The van der Waals surface area contributed by atoms with Crippen molar-refractivity contribution >= 4 is 38.8 Å².